The quantitative estimate of drug-likeness (QED) is 0.745. The highest BCUT2D eigenvalue weighted by Gasteiger charge is 2.22. The van der Waals surface area contributed by atoms with E-state index in [1.54, 1.807) is 0 Å². The van der Waals surface area contributed by atoms with E-state index in [1.807, 2.05) is 0 Å². The highest BCUT2D eigenvalue weighted by molar-refractivity contribution is 9.18. The molecule has 4 heteroatoms. The van der Waals surface area contributed by atoms with Crippen molar-refractivity contribution in [3.8, 4) is 0 Å². The summed E-state index contributed by atoms with van der Waals surface area (Å²) in [7, 11) is 0. The molecule has 2 rings (SSSR count). The van der Waals surface area contributed by atoms with Crippen LogP contribution < -0.4 is 0 Å². The molecule has 0 aromatic carbocycles. The molecule has 1 atom stereocenters. The molecule has 0 bridgehead atoms. The van der Waals surface area contributed by atoms with E-state index in [0.29, 0.717) is 0 Å². The number of oxime groups is 1. The summed E-state index contributed by atoms with van der Waals surface area (Å²) >= 11 is 3.35. The molecule has 74 valence electrons. The molecule has 0 radical (unpaired) electrons. The van der Waals surface area contributed by atoms with Crippen LogP contribution in [0, 0.1) is 0 Å². The lowest BCUT2D eigenvalue weighted by Gasteiger charge is -2.27. The van der Waals surface area contributed by atoms with Crippen molar-refractivity contribution in [1.29, 1.82) is 0 Å². The molecule has 3 nitrogen and oxygen atoms in total. The summed E-state index contributed by atoms with van der Waals surface area (Å²) in [5.74, 6) is 0. The van der Waals surface area contributed by atoms with Gasteiger partial charge < -0.3 is 4.84 Å². The third kappa shape index (κ3) is 2.68. The summed E-state index contributed by atoms with van der Waals surface area (Å²) in [4.78, 5) is 7.75. The van der Waals surface area contributed by atoms with E-state index in [4.69, 9.17) is 4.84 Å². The van der Waals surface area contributed by atoms with Gasteiger partial charge in [0.05, 0.1) is 0 Å². The van der Waals surface area contributed by atoms with Crippen LogP contribution in [0.15, 0.2) is 5.16 Å². The van der Waals surface area contributed by atoms with E-state index in [0.717, 1.165) is 17.6 Å². The Morgan fingerprint density at radius 1 is 1.38 bits per heavy atom. The molecule has 0 amide bonds. The van der Waals surface area contributed by atoms with Crippen LogP contribution in [0.4, 0.5) is 0 Å². The van der Waals surface area contributed by atoms with Crippen molar-refractivity contribution in [2.75, 3.05) is 19.6 Å². The van der Waals surface area contributed by atoms with Crippen LogP contribution in [0.5, 0.6) is 0 Å². The van der Waals surface area contributed by atoms with Gasteiger partial charge in [-0.2, -0.15) is 0 Å². The van der Waals surface area contributed by atoms with E-state index >= 15 is 0 Å². The van der Waals surface area contributed by atoms with Gasteiger partial charge in [-0.05, 0) is 41.9 Å². The molecule has 1 fully saturated rings. The lowest BCUT2D eigenvalue weighted by Crippen LogP contribution is -2.36. The van der Waals surface area contributed by atoms with E-state index < -0.39 is 0 Å². The molecule has 2 aliphatic rings. The standard InChI is InChI=1S/C9H15BrN2O/c10-9-6-8(13-11-9)7-12-4-2-1-3-5-12/h8H,1-7H2. The number of nitrogens with zero attached hydrogens (tertiary/aromatic N) is 2. The zero-order valence-corrected chi connectivity index (χ0v) is 9.29. The van der Waals surface area contributed by atoms with Gasteiger partial charge in [-0.25, -0.2) is 0 Å². The van der Waals surface area contributed by atoms with Crippen molar-refractivity contribution in [2.45, 2.75) is 31.8 Å². The third-order valence-electron chi connectivity index (χ3n) is 2.61. The van der Waals surface area contributed by atoms with Gasteiger partial charge in [0.25, 0.3) is 0 Å². The van der Waals surface area contributed by atoms with Crippen molar-refractivity contribution < 1.29 is 4.84 Å². The number of likely N-dealkylation sites (tertiary alicyclic amines) is 1. The molecule has 0 aromatic heterocycles. The maximum atomic E-state index is 5.27. The minimum Gasteiger partial charge on any atom is -0.390 e. The van der Waals surface area contributed by atoms with Gasteiger partial charge in [-0.15, -0.1) is 0 Å². The molecule has 1 saturated heterocycles. The molecule has 2 aliphatic heterocycles. The first kappa shape index (κ1) is 9.46. The van der Waals surface area contributed by atoms with Crippen molar-refractivity contribution in [1.82, 2.24) is 4.90 Å². The number of rotatable bonds is 2. The van der Waals surface area contributed by atoms with Crippen LogP contribution in [-0.2, 0) is 4.84 Å². The van der Waals surface area contributed by atoms with E-state index in [1.165, 1.54) is 32.4 Å². The highest BCUT2D eigenvalue weighted by Crippen LogP contribution is 2.17. The van der Waals surface area contributed by atoms with Crippen LogP contribution in [0.3, 0.4) is 0 Å². The van der Waals surface area contributed by atoms with Crippen LogP contribution in [-0.4, -0.2) is 35.3 Å². The summed E-state index contributed by atoms with van der Waals surface area (Å²) in [5.41, 5.74) is 0. The van der Waals surface area contributed by atoms with Gasteiger partial charge in [0.15, 0.2) is 0 Å². The summed E-state index contributed by atoms with van der Waals surface area (Å²) in [5, 5.41) is 3.89. The highest BCUT2D eigenvalue weighted by atomic mass is 79.9. The fourth-order valence-corrected chi connectivity index (χ4v) is 2.37. The van der Waals surface area contributed by atoms with Gasteiger partial charge in [-0.3, -0.25) is 4.90 Å². The van der Waals surface area contributed by atoms with Gasteiger partial charge >= 0.3 is 0 Å². The number of hydrogen-bond acceptors (Lipinski definition) is 3. The molecule has 0 saturated carbocycles. The van der Waals surface area contributed by atoms with E-state index in [9.17, 15) is 0 Å². The average Bonchev–Trinajstić information content (AvgIpc) is 2.53. The van der Waals surface area contributed by atoms with Crippen LogP contribution >= 0.6 is 15.9 Å². The fourth-order valence-electron chi connectivity index (χ4n) is 1.92. The smallest absolute Gasteiger partial charge is 0.146 e. The van der Waals surface area contributed by atoms with E-state index in [-0.39, 0.29) is 6.10 Å². The third-order valence-corrected chi connectivity index (χ3v) is 3.08. The summed E-state index contributed by atoms with van der Waals surface area (Å²) < 4.78 is 0.953. The monoisotopic (exact) mass is 246 g/mol. The van der Waals surface area contributed by atoms with Crippen molar-refractivity contribution in [2.24, 2.45) is 5.16 Å². The van der Waals surface area contributed by atoms with Crippen LogP contribution in [0.25, 0.3) is 0 Å². The van der Waals surface area contributed by atoms with Gasteiger partial charge in [-0.1, -0.05) is 11.6 Å². The molecular formula is C9H15BrN2O. The van der Waals surface area contributed by atoms with Gasteiger partial charge in [0.2, 0.25) is 0 Å². The van der Waals surface area contributed by atoms with Crippen LogP contribution in [0.1, 0.15) is 25.7 Å². The SMILES string of the molecule is BrC1=NOC(CN2CCCCC2)C1. The molecule has 13 heavy (non-hydrogen) atoms. The Bertz CT molecular complexity index is 202. The molecule has 0 spiro atoms. The van der Waals surface area contributed by atoms with Crippen LogP contribution in [0.2, 0.25) is 0 Å². The Balaban J connectivity index is 1.72. The predicted octanol–water partition coefficient (Wildman–Crippen LogP) is 1.97. The zero-order chi connectivity index (χ0) is 9.10. The number of piperidine rings is 1. The molecule has 2 heterocycles. The first-order valence-electron chi connectivity index (χ1n) is 4.95. The lowest BCUT2D eigenvalue weighted by molar-refractivity contribution is 0.0473. The molecule has 0 N–H and O–H groups in total. The number of hydrogen-bond donors (Lipinski definition) is 0. The maximum absolute atomic E-state index is 5.27. The van der Waals surface area contributed by atoms with Crippen molar-refractivity contribution in [3.05, 3.63) is 0 Å². The van der Waals surface area contributed by atoms with Gasteiger partial charge in [0, 0.05) is 13.0 Å². The Morgan fingerprint density at radius 3 is 2.77 bits per heavy atom. The summed E-state index contributed by atoms with van der Waals surface area (Å²) in [6.45, 7) is 3.51. The first-order valence-corrected chi connectivity index (χ1v) is 5.74. The number of halogens is 1. The minimum absolute atomic E-state index is 0.285. The van der Waals surface area contributed by atoms with Gasteiger partial charge in [0.1, 0.15) is 10.7 Å². The lowest BCUT2D eigenvalue weighted by atomic mass is 10.1. The second-order valence-electron chi connectivity index (χ2n) is 3.76. The largest absolute Gasteiger partial charge is 0.390 e. The zero-order valence-electron chi connectivity index (χ0n) is 7.71. The normalized spacial score (nSPS) is 29.9. The fraction of sp³-hybridized carbons (Fsp3) is 0.889. The maximum Gasteiger partial charge on any atom is 0.146 e. The average molecular weight is 247 g/mol. The molecule has 1 unspecified atom stereocenters. The first-order chi connectivity index (χ1) is 6.34. The minimum atomic E-state index is 0.285. The predicted molar refractivity (Wildman–Crippen MR) is 56.1 cm³/mol. The Labute approximate surface area is 87.2 Å². The Morgan fingerprint density at radius 2 is 2.15 bits per heavy atom. The molecule has 0 aliphatic carbocycles. The molecule has 0 aromatic rings. The van der Waals surface area contributed by atoms with Crippen molar-refractivity contribution in [3.63, 3.8) is 0 Å². The molecular weight excluding hydrogens is 232 g/mol. The Hall–Kier alpha value is -0.0900. The topological polar surface area (TPSA) is 24.8 Å². The second kappa shape index (κ2) is 4.42. The summed E-state index contributed by atoms with van der Waals surface area (Å²) in [6, 6.07) is 0. The summed E-state index contributed by atoms with van der Waals surface area (Å²) in [6.07, 6.45) is 5.30. The van der Waals surface area contributed by atoms with E-state index in [2.05, 4.69) is 26.0 Å². The Kier molecular flexibility index (Phi) is 3.22. The van der Waals surface area contributed by atoms with Crippen molar-refractivity contribution >= 4 is 20.6 Å². The second-order valence-corrected chi connectivity index (χ2v) is 4.68.